The number of anilines is 2. The topological polar surface area (TPSA) is 62.4 Å². The quantitative estimate of drug-likeness (QED) is 0.374. The molecule has 1 aliphatic heterocycles. The van der Waals surface area contributed by atoms with E-state index in [1.165, 1.54) is 10.8 Å². The summed E-state index contributed by atoms with van der Waals surface area (Å²) in [6.07, 6.45) is 2.00. The van der Waals surface area contributed by atoms with Crippen LogP contribution in [0.15, 0.2) is 66.7 Å². The largest absolute Gasteiger partial charge is 0.465 e. The van der Waals surface area contributed by atoms with Crippen LogP contribution in [-0.4, -0.2) is 31.4 Å². The second kappa shape index (κ2) is 9.17. The van der Waals surface area contributed by atoms with E-state index in [9.17, 15) is 4.79 Å². The fourth-order valence-corrected chi connectivity index (χ4v) is 6.11. The number of carbonyl (C=O) groups is 1. The van der Waals surface area contributed by atoms with Gasteiger partial charge in [0, 0.05) is 41.7 Å². The fourth-order valence-electron chi connectivity index (χ4n) is 3.73. The highest BCUT2D eigenvalue weighted by Crippen LogP contribution is 2.47. The minimum Gasteiger partial charge on any atom is -0.465 e. The summed E-state index contributed by atoms with van der Waals surface area (Å²) in [5.74, 6) is -0.270. The van der Waals surface area contributed by atoms with Gasteiger partial charge < -0.3 is 15.4 Å². The molecule has 0 saturated carbocycles. The first-order valence-electron chi connectivity index (χ1n) is 10.1. The zero-order chi connectivity index (χ0) is 21.0. The molecule has 0 aromatic heterocycles. The van der Waals surface area contributed by atoms with Gasteiger partial charge in [-0.3, -0.25) is 5.32 Å². The standard InChI is InChI=1S/C23H26N3O2PS/c1-2-28-23(27)22(18-8-4-3-5-9-18)26-16-29(30)14-24-19-12-6-10-17-11-7-13-20(21(17)19)25-15-29/h3-13,22,24-26H,2,14-16H2,1H3/t22-/m0/s1. The van der Waals surface area contributed by atoms with Gasteiger partial charge in [0.25, 0.3) is 0 Å². The number of carbonyl (C=O) groups excluding carboxylic acids is 1. The van der Waals surface area contributed by atoms with Crippen LogP contribution in [0.4, 0.5) is 11.4 Å². The Balaban J connectivity index is 1.54. The fraction of sp³-hybridized carbons (Fsp3) is 0.261. The van der Waals surface area contributed by atoms with Crippen LogP contribution in [0.25, 0.3) is 10.8 Å². The average molecular weight is 440 g/mol. The molecular formula is C23H26N3O2PS. The Morgan fingerprint density at radius 2 is 1.67 bits per heavy atom. The first-order valence-corrected chi connectivity index (χ1v) is 13.5. The summed E-state index contributed by atoms with van der Waals surface area (Å²) in [5, 5.41) is 13.0. The highest BCUT2D eigenvalue weighted by molar-refractivity contribution is 8.14. The summed E-state index contributed by atoms with van der Waals surface area (Å²) < 4.78 is 5.31. The molecular weight excluding hydrogens is 413 g/mol. The molecule has 0 fully saturated rings. The number of hydrogen-bond acceptors (Lipinski definition) is 6. The smallest absolute Gasteiger partial charge is 0.327 e. The summed E-state index contributed by atoms with van der Waals surface area (Å²) in [7, 11) is 0. The van der Waals surface area contributed by atoms with Crippen molar-refractivity contribution in [1.29, 1.82) is 0 Å². The van der Waals surface area contributed by atoms with Crippen molar-refractivity contribution in [3.63, 3.8) is 0 Å². The van der Waals surface area contributed by atoms with E-state index in [0.717, 1.165) is 16.9 Å². The summed E-state index contributed by atoms with van der Waals surface area (Å²) in [6.45, 7) is 2.17. The highest BCUT2D eigenvalue weighted by atomic mass is 32.4. The van der Waals surface area contributed by atoms with Crippen LogP contribution in [0.3, 0.4) is 0 Å². The lowest BCUT2D eigenvalue weighted by molar-refractivity contribution is -0.145. The molecule has 1 atom stereocenters. The minimum absolute atomic E-state index is 0.270. The van der Waals surface area contributed by atoms with Gasteiger partial charge in [0.15, 0.2) is 0 Å². The second-order valence-electron chi connectivity index (χ2n) is 7.40. The Morgan fingerprint density at radius 1 is 1.03 bits per heavy atom. The van der Waals surface area contributed by atoms with E-state index < -0.39 is 12.1 Å². The first kappa shape index (κ1) is 20.9. The SMILES string of the molecule is CCOC(=O)[C@@H](NCP1(=S)CNc2cccc3cccc(c23)NC1)c1ccccc1. The molecule has 5 nitrogen and oxygen atoms in total. The van der Waals surface area contributed by atoms with Crippen molar-refractivity contribution in [3.05, 3.63) is 72.3 Å². The minimum atomic E-state index is -1.89. The summed E-state index contributed by atoms with van der Waals surface area (Å²) in [6, 6.07) is 19.8. The van der Waals surface area contributed by atoms with E-state index in [4.69, 9.17) is 16.5 Å². The van der Waals surface area contributed by atoms with Gasteiger partial charge >= 0.3 is 5.97 Å². The van der Waals surface area contributed by atoms with Crippen molar-refractivity contribution in [1.82, 2.24) is 5.32 Å². The van der Waals surface area contributed by atoms with E-state index in [0.29, 0.717) is 25.5 Å². The van der Waals surface area contributed by atoms with Gasteiger partial charge in [0.05, 0.1) is 6.61 Å². The van der Waals surface area contributed by atoms with Gasteiger partial charge in [-0.2, -0.15) is 0 Å². The van der Waals surface area contributed by atoms with Crippen molar-refractivity contribution >= 4 is 46.0 Å². The first-order chi connectivity index (χ1) is 14.6. The molecule has 3 N–H and O–H groups in total. The molecule has 3 aromatic rings. The molecule has 0 spiro atoms. The van der Waals surface area contributed by atoms with Crippen molar-refractivity contribution in [3.8, 4) is 0 Å². The maximum Gasteiger partial charge on any atom is 0.327 e. The lowest BCUT2D eigenvalue weighted by atomic mass is 10.1. The Kier molecular flexibility index (Phi) is 6.38. The molecule has 0 radical (unpaired) electrons. The summed E-state index contributed by atoms with van der Waals surface area (Å²) in [5.41, 5.74) is 3.07. The van der Waals surface area contributed by atoms with Crippen LogP contribution in [0, 0.1) is 0 Å². The van der Waals surface area contributed by atoms with Crippen LogP contribution in [0.1, 0.15) is 18.5 Å². The number of nitrogens with one attached hydrogen (secondary N) is 3. The van der Waals surface area contributed by atoms with Crippen LogP contribution < -0.4 is 16.0 Å². The molecule has 3 aromatic carbocycles. The predicted molar refractivity (Wildman–Crippen MR) is 129 cm³/mol. The third-order valence-corrected chi connectivity index (χ3v) is 8.65. The van der Waals surface area contributed by atoms with E-state index >= 15 is 0 Å². The predicted octanol–water partition coefficient (Wildman–Crippen LogP) is 4.92. The molecule has 30 heavy (non-hydrogen) atoms. The molecule has 0 amide bonds. The molecule has 1 heterocycles. The van der Waals surface area contributed by atoms with Crippen LogP contribution in [0.2, 0.25) is 0 Å². The van der Waals surface area contributed by atoms with Gasteiger partial charge in [-0.1, -0.05) is 66.4 Å². The number of rotatable bonds is 6. The maximum absolute atomic E-state index is 12.6. The van der Waals surface area contributed by atoms with Gasteiger partial charge in [-0.15, -0.1) is 0 Å². The monoisotopic (exact) mass is 439 g/mol. The lowest BCUT2D eigenvalue weighted by Crippen LogP contribution is -2.32. The van der Waals surface area contributed by atoms with Crippen LogP contribution in [-0.2, 0) is 21.3 Å². The van der Waals surface area contributed by atoms with E-state index in [2.05, 4.69) is 52.3 Å². The summed E-state index contributed by atoms with van der Waals surface area (Å²) >= 11 is 6.13. The van der Waals surface area contributed by atoms with Crippen molar-refractivity contribution in [2.45, 2.75) is 13.0 Å². The lowest BCUT2D eigenvalue weighted by Gasteiger charge is -2.30. The number of esters is 1. The zero-order valence-corrected chi connectivity index (χ0v) is 18.6. The van der Waals surface area contributed by atoms with Gasteiger partial charge in [0.2, 0.25) is 0 Å². The number of ether oxygens (including phenoxy) is 1. The molecule has 0 aliphatic carbocycles. The number of hydrogen-bond donors (Lipinski definition) is 3. The van der Waals surface area contributed by atoms with Gasteiger partial charge in [0.1, 0.15) is 6.04 Å². The van der Waals surface area contributed by atoms with E-state index in [1.54, 1.807) is 0 Å². The third-order valence-electron chi connectivity index (χ3n) is 5.26. The average Bonchev–Trinajstić information content (AvgIpc) is 2.76. The molecule has 1 aliphatic rings. The zero-order valence-electron chi connectivity index (χ0n) is 16.9. The van der Waals surface area contributed by atoms with Gasteiger partial charge in [-0.05, 0) is 30.0 Å². The Labute approximate surface area is 182 Å². The third kappa shape index (κ3) is 4.51. The van der Waals surface area contributed by atoms with Crippen LogP contribution in [0.5, 0.6) is 0 Å². The molecule has 156 valence electrons. The number of benzene rings is 3. The Bertz CT molecular complexity index is 1040. The van der Waals surface area contributed by atoms with Crippen molar-refractivity contribution in [2.75, 3.05) is 36.1 Å². The summed E-state index contributed by atoms with van der Waals surface area (Å²) in [4.78, 5) is 12.6. The normalized spacial score (nSPS) is 15.9. The highest BCUT2D eigenvalue weighted by Gasteiger charge is 2.26. The molecule has 7 heteroatoms. The van der Waals surface area contributed by atoms with Crippen LogP contribution >= 0.6 is 6.04 Å². The second-order valence-corrected chi connectivity index (χ2v) is 12.8. The van der Waals surface area contributed by atoms with E-state index in [-0.39, 0.29) is 5.97 Å². The molecule has 0 bridgehead atoms. The van der Waals surface area contributed by atoms with Crippen molar-refractivity contribution in [2.24, 2.45) is 0 Å². The Morgan fingerprint density at radius 3 is 2.27 bits per heavy atom. The van der Waals surface area contributed by atoms with E-state index in [1.807, 2.05) is 37.3 Å². The van der Waals surface area contributed by atoms with Gasteiger partial charge in [-0.25, -0.2) is 4.79 Å². The van der Waals surface area contributed by atoms with Crippen molar-refractivity contribution < 1.29 is 9.53 Å². The molecule has 0 saturated heterocycles. The Hall–Kier alpha value is -2.40. The molecule has 0 unspecified atom stereocenters. The maximum atomic E-state index is 12.6. The molecule has 4 rings (SSSR count).